The standard InChI is InChI=1S/C17H19N3O2/c1-2-6-13(7-3-1)15-11-20(19-18-15)10-14-12-21-16-8-4-5-9-17(16)22-14/h4-6,8-9,11,14H,1-3,7,10,12H2. The third-order valence-corrected chi connectivity index (χ3v) is 4.12. The van der Waals surface area contributed by atoms with Crippen molar-refractivity contribution in [1.82, 2.24) is 15.0 Å². The molecule has 0 bridgehead atoms. The van der Waals surface area contributed by atoms with Crippen LogP contribution in [-0.2, 0) is 6.54 Å². The molecule has 5 heteroatoms. The first-order valence-electron chi connectivity index (χ1n) is 7.86. The summed E-state index contributed by atoms with van der Waals surface area (Å²) in [6.45, 7) is 1.18. The molecule has 1 atom stereocenters. The maximum atomic E-state index is 5.96. The highest BCUT2D eigenvalue weighted by molar-refractivity contribution is 5.62. The van der Waals surface area contributed by atoms with Crippen molar-refractivity contribution in [1.29, 1.82) is 0 Å². The number of nitrogens with zero attached hydrogens (tertiary/aromatic N) is 3. The van der Waals surface area contributed by atoms with Crippen molar-refractivity contribution < 1.29 is 9.47 Å². The second-order valence-corrected chi connectivity index (χ2v) is 5.80. The van der Waals surface area contributed by atoms with Gasteiger partial charge in [-0.25, -0.2) is 4.68 Å². The minimum absolute atomic E-state index is 0.0372. The lowest BCUT2D eigenvalue weighted by Gasteiger charge is -2.26. The van der Waals surface area contributed by atoms with Crippen LogP contribution in [0.25, 0.3) is 5.57 Å². The molecule has 2 aromatic rings. The van der Waals surface area contributed by atoms with E-state index in [1.165, 1.54) is 18.4 Å². The van der Waals surface area contributed by atoms with Crippen LogP contribution in [0, 0.1) is 0 Å². The van der Waals surface area contributed by atoms with Gasteiger partial charge >= 0.3 is 0 Å². The summed E-state index contributed by atoms with van der Waals surface area (Å²) in [5, 5.41) is 8.53. The summed E-state index contributed by atoms with van der Waals surface area (Å²) in [5.74, 6) is 1.61. The molecule has 0 spiro atoms. The number of allylic oxidation sites excluding steroid dienone is 2. The molecule has 4 rings (SSSR count). The van der Waals surface area contributed by atoms with E-state index in [-0.39, 0.29) is 6.10 Å². The summed E-state index contributed by atoms with van der Waals surface area (Å²) < 4.78 is 13.5. The molecular formula is C17H19N3O2. The van der Waals surface area contributed by atoms with E-state index >= 15 is 0 Å². The van der Waals surface area contributed by atoms with Crippen LogP contribution in [0.15, 0.2) is 36.5 Å². The second-order valence-electron chi connectivity index (χ2n) is 5.80. The molecule has 114 valence electrons. The lowest BCUT2D eigenvalue weighted by molar-refractivity contribution is 0.0755. The smallest absolute Gasteiger partial charge is 0.161 e. The van der Waals surface area contributed by atoms with Gasteiger partial charge in [0.05, 0.1) is 12.7 Å². The molecule has 22 heavy (non-hydrogen) atoms. The van der Waals surface area contributed by atoms with Crippen molar-refractivity contribution in [3.8, 4) is 11.5 Å². The molecule has 1 aromatic heterocycles. The van der Waals surface area contributed by atoms with Crippen LogP contribution in [0.3, 0.4) is 0 Å². The van der Waals surface area contributed by atoms with Crippen molar-refractivity contribution in [2.75, 3.05) is 6.61 Å². The Kier molecular flexibility index (Phi) is 3.54. The van der Waals surface area contributed by atoms with E-state index in [9.17, 15) is 0 Å². The Morgan fingerprint density at radius 3 is 2.95 bits per heavy atom. The van der Waals surface area contributed by atoms with Crippen LogP contribution in [0.1, 0.15) is 31.4 Å². The Bertz CT molecular complexity index is 693. The minimum atomic E-state index is -0.0372. The molecule has 1 aliphatic heterocycles. The van der Waals surface area contributed by atoms with Gasteiger partial charge in [-0.1, -0.05) is 23.4 Å². The Morgan fingerprint density at radius 1 is 1.18 bits per heavy atom. The predicted octanol–water partition coefficient (Wildman–Crippen LogP) is 3.08. The molecule has 1 aliphatic carbocycles. The molecule has 1 unspecified atom stereocenters. The summed E-state index contributed by atoms with van der Waals surface area (Å²) in [7, 11) is 0. The molecule has 0 saturated heterocycles. The van der Waals surface area contributed by atoms with Crippen molar-refractivity contribution in [2.24, 2.45) is 0 Å². The van der Waals surface area contributed by atoms with E-state index in [1.807, 2.05) is 35.1 Å². The second kappa shape index (κ2) is 5.83. The van der Waals surface area contributed by atoms with Gasteiger partial charge in [0.2, 0.25) is 0 Å². The molecule has 2 heterocycles. The SMILES string of the molecule is C1=C(c2cn(CC3COc4ccccc4O3)nn2)CCCC1. The normalized spacial score (nSPS) is 20.5. The van der Waals surface area contributed by atoms with Crippen molar-refractivity contribution in [2.45, 2.75) is 38.3 Å². The predicted molar refractivity (Wildman–Crippen MR) is 82.8 cm³/mol. The largest absolute Gasteiger partial charge is 0.486 e. The van der Waals surface area contributed by atoms with E-state index in [0.717, 1.165) is 30.0 Å². The van der Waals surface area contributed by atoms with E-state index in [0.29, 0.717) is 13.2 Å². The van der Waals surface area contributed by atoms with Crippen molar-refractivity contribution in [3.63, 3.8) is 0 Å². The van der Waals surface area contributed by atoms with Crippen LogP contribution in [0.4, 0.5) is 0 Å². The zero-order valence-electron chi connectivity index (χ0n) is 12.4. The number of hydrogen-bond acceptors (Lipinski definition) is 4. The highest BCUT2D eigenvalue weighted by Crippen LogP contribution is 2.31. The van der Waals surface area contributed by atoms with Crippen LogP contribution in [0.5, 0.6) is 11.5 Å². The van der Waals surface area contributed by atoms with E-state index < -0.39 is 0 Å². The summed E-state index contributed by atoms with van der Waals surface area (Å²) in [4.78, 5) is 0. The summed E-state index contributed by atoms with van der Waals surface area (Å²) in [5.41, 5.74) is 2.32. The molecule has 0 N–H and O–H groups in total. The van der Waals surface area contributed by atoms with Gasteiger partial charge in [0.15, 0.2) is 17.6 Å². The molecule has 2 aliphatic rings. The molecule has 0 radical (unpaired) electrons. The summed E-state index contributed by atoms with van der Waals surface area (Å²) in [6.07, 6.45) is 9.05. The van der Waals surface area contributed by atoms with E-state index in [2.05, 4.69) is 16.4 Å². The van der Waals surface area contributed by atoms with Gasteiger partial charge in [-0.05, 0) is 43.4 Å². The molecule has 5 nitrogen and oxygen atoms in total. The third-order valence-electron chi connectivity index (χ3n) is 4.12. The number of benzene rings is 1. The fraction of sp³-hybridized carbons (Fsp3) is 0.412. The number of rotatable bonds is 3. The number of para-hydroxylation sites is 2. The Labute approximate surface area is 129 Å². The third kappa shape index (κ3) is 2.71. The Morgan fingerprint density at radius 2 is 2.09 bits per heavy atom. The highest BCUT2D eigenvalue weighted by Gasteiger charge is 2.21. The first-order chi connectivity index (χ1) is 10.9. The van der Waals surface area contributed by atoms with Crippen LogP contribution < -0.4 is 9.47 Å². The number of ether oxygens (including phenoxy) is 2. The zero-order chi connectivity index (χ0) is 14.8. The Hall–Kier alpha value is -2.30. The first kappa shape index (κ1) is 13.4. The zero-order valence-corrected chi connectivity index (χ0v) is 12.4. The van der Waals surface area contributed by atoms with Crippen molar-refractivity contribution >= 4 is 5.57 Å². The molecule has 1 aromatic carbocycles. The molecule has 0 amide bonds. The van der Waals surface area contributed by atoms with E-state index in [4.69, 9.17) is 9.47 Å². The molecule has 0 saturated carbocycles. The Balaban J connectivity index is 1.44. The topological polar surface area (TPSA) is 49.2 Å². The average Bonchev–Trinajstić information content (AvgIpc) is 3.04. The van der Waals surface area contributed by atoms with Gasteiger partial charge in [0, 0.05) is 0 Å². The van der Waals surface area contributed by atoms with Crippen LogP contribution in [0.2, 0.25) is 0 Å². The van der Waals surface area contributed by atoms with E-state index in [1.54, 1.807) is 0 Å². The fourth-order valence-corrected chi connectivity index (χ4v) is 2.97. The van der Waals surface area contributed by atoms with Gasteiger partial charge in [0.25, 0.3) is 0 Å². The molecular weight excluding hydrogens is 278 g/mol. The van der Waals surface area contributed by atoms with Crippen molar-refractivity contribution in [3.05, 3.63) is 42.2 Å². The summed E-state index contributed by atoms with van der Waals surface area (Å²) >= 11 is 0. The van der Waals surface area contributed by atoms with Gasteiger partial charge in [0.1, 0.15) is 12.3 Å². The number of hydrogen-bond donors (Lipinski definition) is 0. The van der Waals surface area contributed by atoms with Gasteiger partial charge in [-0.3, -0.25) is 0 Å². The first-order valence-corrected chi connectivity index (χ1v) is 7.86. The van der Waals surface area contributed by atoms with Gasteiger partial charge in [-0.2, -0.15) is 0 Å². The lowest BCUT2D eigenvalue weighted by atomic mass is 9.98. The molecule has 0 fully saturated rings. The number of aromatic nitrogens is 3. The maximum absolute atomic E-state index is 5.96. The van der Waals surface area contributed by atoms with Crippen LogP contribution >= 0.6 is 0 Å². The average molecular weight is 297 g/mol. The minimum Gasteiger partial charge on any atom is -0.486 e. The van der Waals surface area contributed by atoms with Gasteiger partial charge in [-0.15, -0.1) is 5.10 Å². The number of fused-ring (bicyclic) bond motifs is 1. The fourth-order valence-electron chi connectivity index (χ4n) is 2.97. The highest BCUT2D eigenvalue weighted by atomic mass is 16.6. The van der Waals surface area contributed by atoms with Crippen LogP contribution in [-0.4, -0.2) is 27.7 Å². The van der Waals surface area contributed by atoms with Gasteiger partial charge < -0.3 is 9.47 Å². The maximum Gasteiger partial charge on any atom is 0.161 e. The summed E-state index contributed by atoms with van der Waals surface area (Å²) in [6, 6.07) is 7.76. The monoisotopic (exact) mass is 297 g/mol. The lowest BCUT2D eigenvalue weighted by Crippen LogP contribution is -2.33. The quantitative estimate of drug-likeness (QED) is 0.873.